The van der Waals surface area contributed by atoms with Crippen LogP contribution in [0.25, 0.3) is 0 Å². The van der Waals surface area contributed by atoms with E-state index < -0.39 is 0 Å². The van der Waals surface area contributed by atoms with Gasteiger partial charge in [-0.3, -0.25) is 4.90 Å². The number of hydrogen-bond donors (Lipinski definition) is 1. The predicted octanol–water partition coefficient (Wildman–Crippen LogP) is 2.01. The molecule has 0 aromatic carbocycles. The second-order valence-electron chi connectivity index (χ2n) is 4.65. The zero-order chi connectivity index (χ0) is 10.8. The molecule has 3 nitrogen and oxygen atoms in total. The van der Waals surface area contributed by atoms with Crippen molar-refractivity contribution in [2.45, 2.75) is 32.4 Å². The SMILES string of the molecule is CC1CC(C)N(C(CN)c2ccco2)C1. The van der Waals surface area contributed by atoms with E-state index in [0.29, 0.717) is 12.6 Å². The highest BCUT2D eigenvalue weighted by molar-refractivity contribution is 5.07. The molecule has 1 fully saturated rings. The molecule has 0 radical (unpaired) electrons. The van der Waals surface area contributed by atoms with Crippen molar-refractivity contribution < 1.29 is 4.42 Å². The maximum absolute atomic E-state index is 5.85. The normalized spacial score (nSPS) is 29.5. The van der Waals surface area contributed by atoms with Gasteiger partial charge >= 0.3 is 0 Å². The molecule has 1 aliphatic rings. The Morgan fingerprint density at radius 2 is 2.40 bits per heavy atom. The third kappa shape index (κ3) is 2.08. The first kappa shape index (κ1) is 10.7. The van der Waals surface area contributed by atoms with E-state index >= 15 is 0 Å². The van der Waals surface area contributed by atoms with E-state index in [9.17, 15) is 0 Å². The molecule has 1 aromatic rings. The molecule has 0 amide bonds. The molecule has 0 saturated carbocycles. The number of furan rings is 1. The zero-order valence-corrected chi connectivity index (χ0v) is 9.52. The van der Waals surface area contributed by atoms with Crippen LogP contribution in [0.4, 0.5) is 0 Å². The maximum atomic E-state index is 5.85. The highest BCUT2D eigenvalue weighted by Gasteiger charge is 2.32. The van der Waals surface area contributed by atoms with Crippen LogP contribution in [0.15, 0.2) is 22.8 Å². The molecule has 2 rings (SSSR count). The van der Waals surface area contributed by atoms with Crippen LogP contribution in [0.1, 0.15) is 32.1 Å². The highest BCUT2D eigenvalue weighted by Crippen LogP contribution is 2.31. The van der Waals surface area contributed by atoms with Gasteiger partial charge in [0.15, 0.2) is 0 Å². The molecular formula is C12H20N2O. The minimum absolute atomic E-state index is 0.250. The standard InChI is InChI=1S/C12H20N2O/c1-9-6-10(2)14(8-9)11(7-13)12-4-3-5-15-12/h3-5,9-11H,6-8,13H2,1-2H3. The lowest BCUT2D eigenvalue weighted by Gasteiger charge is -2.28. The van der Waals surface area contributed by atoms with E-state index in [0.717, 1.165) is 18.2 Å². The van der Waals surface area contributed by atoms with Crippen molar-refractivity contribution in [3.63, 3.8) is 0 Å². The second-order valence-corrected chi connectivity index (χ2v) is 4.65. The summed E-state index contributed by atoms with van der Waals surface area (Å²) in [7, 11) is 0. The lowest BCUT2D eigenvalue weighted by Crippen LogP contribution is -2.36. The molecule has 0 spiro atoms. The van der Waals surface area contributed by atoms with Crippen LogP contribution in [0.5, 0.6) is 0 Å². The number of nitrogens with two attached hydrogens (primary N) is 1. The molecule has 0 aliphatic carbocycles. The molecule has 0 bridgehead atoms. The largest absolute Gasteiger partial charge is 0.468 e. The minimum Gasteiger partial charge on any atom is -0.468 e. The Morgan fingerprint density at radius 3 is 2.87 bits per heavy atom. The summed E-state index contributed by atoms with van der Waals surface area (Å²) in [6.07, 6.45) is 2.99. The fourth-order valence-corrected chi connectivity index (χ4v) is 2.66. The summed E-state index contributed by atoms with van der Waals surface area (Å²) in [6.45, 7) is 6.33. The second kappa shape index (κ2) is 4.37. The molecule has 2 N–H and O–H groups in total. The Labute approximate surface area is 91.2 Å². The van der Waals surface area contributed by atoms with Crippen LogP contribution in [0, 0.1) is 5.92 Å². The van der Waals surface area contributed by atoms with Crippen molar-refractivity contribution in [3.8, 4) is 0 Å². The Morgan fingerprint density at radius 1 is 1.60 bits per heavy atom. The molecule has 1 saturated heterocycles. The summed E-state index contributed by atoms with van der Waals surface area (Å²) in [5.41, 5.74) is 5.85. The van der Waals surface area contributed by atoms with Crippen molar-refractivity contribution in [2.75, 3.05) is 13.1 Å². The molecular weight excluding hydrogens is 188 g/mol. The smallest absolute Gasteiger partial charge is 0.122 e. The molecule has 2 heterocycles. The Bertz CT molecular complexity index is 297. The maximum Gasteiger partial charge on any atom is 0.122 e. The number of likely N-dealkylation sites (tertiary alicyclic amines) is 1. The van der Waals surface area contributed by atoms with Crippen molar-refractivity contribution in [1.82, 2.24) is 4.90 Å². The first-order chi connectivity index (χ1) is 7.22. The molecule has 3 atom stereocenters. The van der Waals surface area contributed by atoms with E-state index in [-0.39, 0.29) is 6.04 Å². The van der Waals surface area contributed by atoms with Gasteiger partial charge in [0, 0.05) is 19.1 Å². The summed E-state index contributed by atoms with van der Waals surface area (Å²) in [6, 6.07) is 4.81. The van der Waals surface area contributed by atoms with Crippen molar-refractivity contribution >= 4 is 0 Å². The van der Waals surface area contributed by atoms with Gasteiger partial charge in [0.1, 0.15) is 5.76 Å². The summed E-state index contributed by atoms with van der Waals surface area (Å²) >= 11 is 0. The van der Waals surface area contributed by atoms with Crippen molar-refractivity contribution in [1.29, 1.82) is 0 Å². The molecule has 84 valence electrons. The fraction of sp³-hybridized carbons (Fsp3) is 0.667. The van der Waals surface area contributed by atoms with Crippen LogP contribution in [0.2, 0.25) is 0 Å². The van der Waals surface area contributed by atoms with E-state index in [1.54, 1.807) is 6.26 Å². The lowest BCUT2D eigenvalue weighted by atomic mass is 10.1. The summed E-state index contributed by atoms with van der Waals surface area (Å²) in [5, 5.41) is 0. The first-order valence-electron chi connectivity index (χ1n) is 5.71. The fourth-order valence-electron chi connectivity index (χ4n) is 2.66. The van der Waals surface area contributed by atoms with Crippen LogP contribution >= 0.6 is 0 Å². The van der Waals surface area contributed by atoms with Crippen molar-refractivity contribution in [2.24, 2.45) is 11.7 Å². The lowest BCUT2D eigenvalue weighted by molar-refractivity contribution is 0.170. The van der Waals surface area contributed by atoms with Gasteiger partial charge in [-0.2, -0.15) is 0 Å². The monoisotopic (exact) mass is 208 g/mol. The Balaban J connectivity index is 2.13. The zero-order valence-electron chi connectivity index (χ0n) is 9.52. The molecule has 1 aromatic heterocycles. The van der Waals surface area contributed by atoms with E-state index in [4.69, 9.17) is 10.2 Å². The van der Waals surface area contributed by atoms with Gasteiger partial charge in [-0.25, -0.2) is 0 Å². The van der Waals surface area contributed by atoms with E-state index in [2.05, 4.69) is 18.7 Å². The molecule has 3 heteroatoms. The van der Waals surface area contributed by atoms with E-state index in [1.807, 2.05) is 12.1 Å². The topological polar surface area (TPSA) is 42.4 Å². The average molecular weight is 208 g/mol. The molecule has 1 aliphatic heterocycles. The van der Waals surface area contributed by atoms with Gasteiger partial charge in [-0.15, -0.1) is 0 Å². The molecule has 3 unspecified atom stereocenters. The Kier molecular flexibility index (Phi) is 3.12. The molecule has 15 heavy (non-hydrogen) atoms. The highest BCUT2D eigenvalue weighted by atomic mass is 16.3. The number of nitrogens with zero attached hydrogens (tertiary/aromatic N) is 1. The summed E-state index contributed by atoms with van der Waals surface area (Å²) in [5.74, 6) is 1.77. The number of rotatable bonds is 3. The first-order valence-corrected chi connectivity index (χ1v) is 5.71. The Hall–Kier alpha value is -0.800. The van der Waals surface area contributed by atoms with Gasteiger partial charge < -0.3 is 10.2 Å². The van der Waals surface area contributed by atoms with Crippen LogP contribution in [-0.4, -0.2) is 24.0 Å². The summed E-state index contributed by atoms with van der Waals surface area (Å²) in [4.78, 5) is 2.46. The summed E-state index contributed by atoms with van der Waals surface area (Å²) < 4.78 is 5.46. The van der Waals surface area contributed by atoms with Gasteiger partial charge in [0.2, 0.25) is 0 Å². The third-order valence-electron chi connectivity index (χ3n) is 3.33. The van der Waals surface area contributed by atoms with Crippen LogP contribution in [0.3, 0.4) is 0 Å². The van der Waals surface area contributed by atoms with Crippen LogP contribution in [-0.2, 0) is 0 Å². The van der Waals surface area contributed by atoms with Gasteiger partial charge in [-0.1, -0.05) is 6.92 Å². The van der Waals surface area contributed by atoms with Gasteiger partial charge in [-0.05, 0) is 31.4 Å². The van der Waals surface area contributed by atoms with Gasteiger partial charge in [0.25, 0.3) is 0 Å². The quantitative estimate of drug-likeness (QED) is 0.826. The van der Waals surface area contributed by atoms with Crippen LogP contribution < -0.4 is 5.73 Å². The minimum atomic E-state index is 0.250. The van der Waals surface area contributed by atoms with Crippen molar-refractivity contribution in [3.05, 3.63) is 24.2 Å². The predicted molar refractivity (Wildman–Crippen MR) is 60.5 cm³/mol. The average Bonchev–Trinajstić information content (AvgIpc) is 2.79. The third-order valence-corrected chi connectivity index (χ3v) is 3.33. The number of hydrogen-bond acceptors (Lipinski definition) is 3. The van der Waals surface area contributed by atoms with Gasteiger partial charge in [0.05, 0.1) is 12.3 Å². The van der Waals surface area contributed by atoms with E-state index in [1.165, 1.54) is 6.42 Å².